The Bertz CT molecular complexity index is 717. The number of amides is 1. The highest BCUT2D eigenvalue weighted by atomic mass is 32.1. The average Bonchev–Trinajstić information content (AvgIpc) is 3.24. The number of carbonyl (C=O) groups is 1. The van der Waals surface area contributed by atoms with Crippen LogP contribution in [0.2, 0.25) is 0 Å². The number of fused-ring (bicyclic) bond motifs is 2. The maximum atomic E-state index is 13.8. The summed E-state index contributed by atoms with van der Waals surface area (Å²) >= 11 is 1.23. The van der Waals surface area contributed by atoms with Crippen LogP contribution in [0.1, 0.15) is 16.1 Å². The van der Waals surface area contributed by atoms with Crippen molar-refractivity contribution in [1.82, 2.24) is 15.2 Å². The minimum atomic E-state index is -0.315. The third-order valence-electron chi connectivity index (χ3n) is 4.48. The number of nitrogens with one attached hydrogen (secondary N) is 1. The Morgan fingerprint density at radius 1 is 1.36 bits per heavy atom. The minimum Gasteiger partial charge on any atom is -0.347 e. The Morgan fingerprint density at radius 2 is 2.23 bits per heavy atom. The van der Waals surface area contributed by atoms with Crippen molar-refractivity contribution in [2.75, 3.05) is 19.6 Å². The number of thiazole rings is 1. The zero-order valence-electron chi connectivity index (χ0n) is 12.0. The van der Waals surface area contributed by atoms with Gasteiger partial charge in [0.25, 0.3) is 5.91 Å². The third kappa shape index (κ3) is 2.42. The van der Waals surface area contributed by atoms with Crippen LogP contribution < -0.4 is 5.32 Å². The number of benzene rings is 1. The molecule has 0 saturated carbocycles. The van der Waals surface area contributed by atoms with E-state index in [9.17, 15) is 9.18 Å². The molecule has 22 heavy (non-hydrogen) atoms. The zero-order chi connectivity index (χ0) is 15.1. The van der Waals surface area contributed by atoms with Crippen LogP contribution in [0, 0.1) is 11.7 Å². The van der Waals surface area contributed by atoms with Crippen LogP contribution in [0.25, 0.3) is 10.6 Å². The molecule has 1 unspecified atom stereocenters. The molecule has 2 saturated heterocycles. The van der Waals surface area contributed by atoms with E-state index in [4.69, 9.17) is 0 Å². The van der Waals surface area contributed by atoms with Gasteiger partial charge in [-0.05, 0) is 31.0 Å². The van der Waals surface area contributed by atoms with Gasteiger partial charge in [-0.15, -0.1) is 11.3 Å². The fourth-order valence-electron chi connectivity index (χ4n) is 3.33. The molecule has 0 aliphatic carbocycles. The lowest BCUT2D eigenvalue weighted by molar-refractivity contribution is 0.0928. The van der Waals surface area contributed by atoms with Crippen molar-refractivity contribution >= 4 is 17.2 Å². The molecule has 6 heteroatoms. The normalized spacial score (nSPS) is 26.3. The molecule has 1 N–H and O–H groups in total. The Morgan fingerprint density at radius 3 is 2.95 bits per heavy atom. The quantitative estimate of drug-likeness (QED) is 0.945. The van der Waals surface area contributed by atoms with Gasteiger partial charge in [0, 0.05) is 24.7 Å². The first kappa shape index (κ1) is 13.8. The number of rotatable bonds is 3. The van der Waals surface area contributed by atoms with Crippen LogP contribution in [0.15, 0.2) is 30.5 Å². The first-order valence-electron chi connectivity index (χ1n) is 7.44. The van der Waals surface area contributed by atoms with Gasteiger partial charge in [0.1, 0.15) is 15.7 Å². The molecule has 2 aliphatic rings. The lowest BCUT2D eigenvalue weighted by atomic mass is 10.00. The van der Waals surface area contributed by atoms with E-state index in [2.05, 4.69) is 15.2 Å². The highest BCUT2D eigenvalue weighted by Crippen LogP contribution is 2.30. The van der Waals surface area contributed by atoms with E-state index in [0.29, 0.717) is 21.4 Å². The molecule has 3 heterocycles. The molecule has 4 nitrogen and oxygen atoms in total. The second kappa shape index (κ2) is 5.44. The molecule has 3 atom stereocenters. The number of piperidine rings is 1. The van der Waals surface area contributed by atoms with Gasteiger partial charge in [0.2, 0.25) is 0 Å². The SMILES string of the molecule is O=C(N[C@H]1CN2CC[C@@H]1C2)c1cnc(-c2ccccc2F)s1. The molecule has 0 radical (unpaired) electrons. The molecule has 2 fully saturated rings. The average molecular weight is 317 g/mol. The molecule has 2 aliphatic heterocycles. The Balaban J connectivity index is 1.49. The van der Waals surface area contributed by atoms with Gasteiger partial charge in [-0.2, -0.15) is 0 Å². The molecular formula is C16H16FN3OS. The zero-order valence-corrected chi connectivity index (χ0v) is 12.8. The van der Waals surface area contributed by atoms with E-state index in [0.717, 1.165) is 26.1 Å². The van der Waals surface area contributed by atoms with Crippen molar-refractivity contribution in [3.05, 3.63) is 41.2 Å². The smallest absolute Gasteiger partial charge is 0.263 e. The Labute approximate surface area is 132 Å². The Kier molecular flexibility index (Phi) is 3.43. The molecule has 4 rings (SSSR count). The monoisotopic (exact) mass is 317 g/mol. The molecule has 114 valence electrons. The van der Waals surface area contributed by atoms with E-state index in [1.54, 1.807) is 18.2 Å². The largest absolute Gasteiger partial charge is 0.347 e. The summed E-state index contributed by atoms with van der Waals surface area (Å²) in [4.78, 5) is 19.5. The van der Waals surface area contributed by atoms with Gasteiger partial charge in [0.15, 0.2) is 0 Å². The second-order valence-corrected chi connectivity index (χ2v) is 6.93. The molecule has 2 aromatic rings. The number of aromatic nitrogens is 1. The van der Waals surface area contributed by atoms with Crippen molar-refractivity contribution in [2.24, 2.45) is 5.92 Å². The maximum Gasteiger partial charge on any atom is 0.263 e. The van der Waals surface area contributed by atoms with Crippen molar-refractivity contribution in [1.29, 1.82) is 0 Å². The van der Waals surface area contributed by atoms with Crippen molar-refractivity contribution in [3.8, 4) is 10.6 Å². The second-order valence-electron chi connectivity index (χ2n) is 5.90. The van der Waals surface area contributed by atoms with Crippen LogP contribution in [0.5, 0.6) is 0 Å². The number of halogens is 1. The van der Waals surface area contributed by atoms with E-state index in [1.165, 1.54) is 23.6 Å². The number of carbonyl (C=O) groups excluding carboxylic acids is 1. The number of hydrogen-bond donors (Lipinski definition) is 1. The Hall–Kier alpha value is -1.79. The molecule has 1 aromatic heterocycles. The summed E-state index contributed by atoms with van der Waals surface area (Å²) in [6.07, 6.45) is 2.70. The van der Waals surface area contributed by atoms with Gasteiger partial charge in [-0.25, -0.2) is 9.37 Å². The number of nitrogens with zero attached hydrogens (tertiary/aromatic N) is 2. The minimum absolute atomic E-state index is 0.0983. The van der Waals surface area contributed by atoms with Crippen molar-refractivity contribution < 1.29 is 9.18 Å². The predicted octanol–water partition coefficient (Wildman–Crippen LogP) is 2.38. The lowest BCUT2D eigenvalue weighted by Gasteiger charge is -2.22. The fourth-order valence-corrected chi connectivity index (χ4v) is 4.17. The van der Waals surface area contributed by atoms with Crippen molar-refractivity contribution in [2.45, 2.75) is 12.5 Å². The van der Waals surface area contributed by atoms with E-state index >= 15 is 0 Å². The summed E-state index contributed by atoms with van der Waals surface area (Å²) in [6, 6.07) is 6.73. The summed E-state index contributed by atoms with van der Waals surface area (Å²) in [5, 5.41) is 3.64. The van der Waals surface area contributed by atoms with Crippen LogP contribution in [-0.2, 0) is 0 Å². The van der Waals surface area contributed by atoms with Gasteiger partial charge in [0.05, 0.1) is 6.20 Å². The van der Waals surface area contributed by atoms with Crippen LogP contribution >= 0.6 is 11.3 Å². The van der Waals surface area contributed by atoms with Crippen molar-refractivity contribution in [3.63, 3.8) is 0 Å². The molecule has 0 spiro atoms. The predicted molar refractivity (Wildman–Crippen MR) is 83.3 cm³/mol. The van der Waals surface area contributed by atoms with E-state index in [-0.39, 0.29) is 17.8 Å². The fraction of sp³-hybridized carbons (Fsp3) is 0.375. The summed E-state index contributed by atoms with van der Waals surface area (Å²) in [6.45, 7) is 3.18. The first-order valence-corrected chi connectivity index (χ1v) is 8.26. The van der Waals surface area contributed by atoms with Crippen LogP contribution in [-0.4, -0.2) is 41.5 Å². The summed E-state index contributed by atoms with van der Waals surface area (Å²) in [7, 11) is 0. The van der Waals surface area contributed by atoms with Gasteiger partial charge in [-0.1, -0.05) is 12.1 Å². The standard InChI is InChI=1S/C16H16FN3OS/c17-12-4-2-1-3-11(12)16-18-7-14(22-16)15(21)19-13-9-20-6-5-10(13)8-20/h1-4,7,10,13H,5-6,8-9H2,(H,19,21)/t10-,13+/m1/s1. The van der Waals surface area contributed by atoms with Gasteiger partial charge >= 0.3 is 0 Å². The molecule has 1 amide bonds. The summed E-state index contributed by atoms with van der Waals surface area (Å²) < 4.78 is 13.8. The molecule has 1 aromatic carbocycles. The maximum absolute atomic E-state index is 13.8. The highest BCUT2D eigenvalue weighted by Gasteiger charge is 2.38. The molecular weight excluding hydrogens is 301 g/mol. The van der Waals surface area contributed by atoms with Gasteiger partial charge < -0.3 is 10.2 Å². The number of hydrogen-bond acceptors (Lipinski definition) is 4. The van der Waals surface area contributed by atoms with Gasteiger partial charge in [-0.3, -0.25) is 4.79 Å². The van der Waals surface area contributed by atoms with Crippen LogP contribution in [0.3, 0.4) is 0 Å². The van der Waals surface area contributed by atoms with E-state index in [1.807, 2.05) is 0 Å². The third-order valence-corrected chi connectivity index (χ3v) is 5.51. The topological polar surface area (TPSA) is 45.2 Å². The summed E-state index contributed by atoms with van der Waals surface area (Å²) in [5.41, 5.74) is 0.442. The lowest BCUT2D eigenvalue weighted by Crippen LogP contribution is -2.42. The van der Waals surface area contributed by atoms with E-state index < -0.39 is 0 Å². The first-order chi connectivity index (χ1) is 10.7. The van der Waals surface area contributed by atoms with Crippen LogP contribution in [0.4, 0.5) is 4.39 Å². The molecule has 2 bridgehead atoms. The summed E-state index contributed by atoms with van der Waals surface area (Å²) in [5.74, 6) is 0.159. The highest BCUT2D eigenvalue weighted by molar-refractivity contribution is 7.16.